The third-order valence-corrected chi connectivity index (χ3v) is 3.37. The van der Waals surface area contributed by atoms with Crippen molar-refractivity contribution >= 4 is 22.6 Å². The van der Waals surface area contributed by atoms with Crippen LogP contribution in [0.4, 0.5) is 0 Å². The van der Waals surface area contributed by atoms with Gasteiger partial charge in [-0.25, -0.2) is 0 Å². The highest BCUT2D eigenvalue weighted by atomic mass is 127. The Labute approximate surface area is 91.5 Å². The van der Waals surface area contributed by atoms with Gasteiger partial charge in [-0.05, 0) is 59.2 Å². The molecule has 1 saturated heterocycles. The second-order valence-electron chi connectivity index (χ2n) is 3.40. The van der Waals surface area contributed by atoms with Crippen LogP contribution in [-0.4, -0.2) is 18.2 Å². The van der Waals surface area contributed by atoms with Gasteiger partial charge < -0.3 is 10.4 Å². The van der Waals surface area contributed by atoms with Crippen molar-refractivity contribution in [3.63, 3.8) is 0 Å². The van der Waals surface area contributed by atoms with Crippen molar-refractivity contribution in [1.29, 1.82) is 0 Å². The average Bonchev–Trinajstić information content (AvgIpc) is 2.62. The summed E-state index contributed by atoms with van der Waals surface area (Å²) in [5, 5.41) is 12.7. The first-order chi connectivity index (χ1) is 6.27. The summed E-state index contributed by atoms with van der Waals surface area (Å²) < 4.78 is 0.946. The highest BCUT2D eigenvalue weighted by molar-refractivity contribution is 14.1. The zero-order chi connectivity index (χ0) is 9.26. The fourth-order valence-corrected chi connectivity index (χ4v) is 2.26. The van der Waals surface area contributed by atoms with E-state index in [2.05, 4.69) is 34.0 Å². The van der Waals surface area contributed by atoms with Gasteiger partial charge in [0.25, 0.3) is 0 Å². The lowest BCUT2D eigenvalue weighted by Crippen LogP contribution is -2.07. The van der Waals surface area contributed by atoms with E-state index in [0.717, 1.165) is 16.7 Å². The Morgan fingerprint density at radius 1 is 1.46 bits per heavy atom. The molecule has 2 nitrogen and oxygen atoms in total. The molecule has 1 aliphatic heterocycles. The van der Waals surface area contributed by atoms with Gasteiger partial charge in [-0.2, -0.15) is 0 Å². The van der Waals surface area contributed by atoms with E-state index in [9.17, 15) is 5.11 Å². The topological polar surface area (TPSA) is 32.3 Å². The van der Waals surface area contributed by atoms with Crippen LogP contribution < -0.4 is 5.32 Å². The quantitative estimate of drug-likeness (QED) is 0.776. The minimum Gasteiger partial charge on any atom is -0.507 e. The van der Waals surface area contributed by atoms with E-state index < -0.39 is 0 Å². The van der Waals surface area contributed by atoms with Crippen LogP contribution in [0.25, 0.3) is 0 Å². The molecule has 0 radical (unpaired) electrons. The minimum atomic E-state index is 0.385. The van der Waals surface area contributed by atoms with Crippen LogP contribution in [0.2, 0.25) is 0 Å². The largest absolute Gasteiger partial charge is 0.507 e. The Hall–Kier alpha value is -0.290. The van der Waals surface area contributed by atoms with Gasteiger partial charge in [0.1, 0.15) is 5.75 Å². The Morgan fingerprint density at radius 2 is 2.31 bits per heavy atom. The molecule has 0 saturated carbocycles. The zero-order valence-electron chi connectivity index (χ0n) is 7.26. The number of rotatable bonds is 1. The maximum Gasteiger partial charge on any atom is 0.128 e. The Bertz CT molecular complexity index is 308. The maximum absolute atomic E-state index is 9.36. The van der Waals surface area contributed by atoms with Gasteiger partial charge in [0.15, 0.2) is 0 Å². The van der Waals surface area contributed by atoms with Gasteiger partial charge in [-0.3, -0.25) is 0 Å². The van der Waals surface area contributed by atoms with Crippen LogP contribution in [0.15, 0.2) is 18.2 Å². The number of hydrogen-bond donors (Lipinski definition) is 2. The Kier molecular flexibility index (Phi) is 2.74. The predicted molar refractivity (Wildman–Crippen MR) is 61.1 cm³/mol. The normalized spacial score (nSPS) is 22.1. The summed E-state index contributed by atoms with van der Waals surface area (Å²) in [6.07, 6.45) is 1.21. The van der Waals surface area contributed by atoms with Gasteiger partial charge in [-0.1, -0.05) is 6.07 Å². The van der Waals surface area contributed by atoms with Gasteiger partial charge in [-0.15, -0.1) is 0 Å². The lowest BCUT2D eigenvalue weighted by atomic mass is 9.99. The molecule has 2 N–H and O–H groups in total. The molecular formula is C10H12INO. The molecule has 1 fully saturated rings. The molecule has 2 rings (SSSR count). The standard InChI is InChI=1S/C10H12INO/c11-9-5-7(1-2-10(9)13)8-3-4-12-6-8/h1-2,5,8,12-13H,3-4,6H2/t8-/m0/s1. The van der Waals surface area contributed by atoms with Crippen LogP contribution in [-0.2, 0) is 0 Å². The molecule has 1 atom stereocenters. The maximum atomic E-state index is 9.36. The average molecular weight is 289 g/mol. The molecule has 3 heteroatoms. The molecule has 0 spiro atoms. The molecule has 0 aromatic heterocycles. The van der Waals surface area contributed by atoms with E-state index in [1.807, 2.05) is 6.07 Å². The molecule has 0 bridgehead atoms. The highest BCUT2D eigenvalue weighted by Crippen LogP contribution is 2.27. The summed E-state index contributed by atoms with van der Waals surface area (Å²) in [5.74, 6) is 1.02. The molecule has 1 aromatic carbocycles. The fourth-order valence-electron chi connectivity index (χ4n) is 1.72. The predicted octanol–water partition coefficient (Wildman–Crippen LogP) is 2.07. The van der Waals surface area contributed by atoms with Crippen LogP contribution in [0.5, 0.6) is 5.75 Å². The van der Waals surface area contributed by atoms with Crippen molar-refractivity contribution < 1.29 is 5.11 Å². The number of phenols is 1. The first-order valence-electron chi connectivity index (χ1n) is 4.46. The van der Waals surface area contributed by atoms with Crippen molar-refractivity contribution in [3.8, 4) is 5.75 Å². The van der Waals surface area contributed by atoms with Gasteiger partial charge in [0, 0.05) is 6.54 Å². The van der Waals surface area contributed by atoms with Crippen LogP contribution in [0.3, 0.4) is 0 Å². The third kappa shape index (κ3) is 1.96. The SMILES string of the molecule is Oc1ccc([C@H]2CCNC2)cc1I. The summed E-state index contributed by atoms with van der Waals surface area (Å²) in [6, 6.07) is 5.89. The number of aromatic hydroxyl groups is 1. The molecule has 0 unspecified atom stereocenters. The number of phenolic OH excluding ortho intramolecular Hbond substituents is 1. The zero-order valence-corrected chi connectivity index (χ0v) is 9.41. The lowest BCUT2D eigenvalue weighted by molar-refractivity contribution is 0.471. The van der Waals surface area contributed by atoms with Gasteiger partial charge >= 0.3 is 0 Å². The van der Waals surface area contributed by atoms with Crippen molar-refractivity contribution in [2.24, 2.45) is 0 Å². The third-order valence-electron chi connectivity index (χ3n) is 2.50. The Morgan fingerprint density at radius 3 is 2.92 bits per heavy atom. The molecular weight excluding hydrogens is 277 g/mol. The van der Waals surface area contributed by atoms with Crippen LogP contribution in [0, 0.1) is 3.57 Å². The van der Waals surface area contributed by atoms with Crippen LogP contribution in [0.1, 0.15) is 17.9 Å². The monoisotopic (exact) mass is 289 g/mol. The smallest absolute Gasteiger partial charge is 0.128 e. The highest BCUT2D eigenvalue weighted by Gasteiger charge is 2.16. The minimum absolute atomic E-state index is 0.385. The number of hydrogen-bond acceptors (Lipinski definition) is 2. The van der Waals surface area contributed by atoms with Gasteiger partial charge in [0.05, 0.1) is 3.57 Å². The summed E-state index contributed by atoms with van der Waals surface area (Å²) in [4.78, 5) is 0. The number of nitrogens with one attached hydrogen (secondary N) is 1. The van der Waals surface area contributed by atoms with E-state index in [0.29, 0.717) is 11.7 Å². The molecule has 70 valence electrons. The second-order valence-corrected chi connectivity index (χ2v) is 4.56. The van der Waals surface area contributed by atoms with E-state index in [-0.39, 0.29) is 0 Å². The van der Waals surface area contributed by atoms with Gasteiger partial charge in [0.2, 0.25) is 0 Å². The van der Waals surface area contributed by atoms with Crippen molar-refractivity contribution in [3.05, 3.63) is 27.3 Å². The van der Waals surface area contributed by atoms with E-state index in [4.69, 9.17) is 0 Å². The van der Waals surface area contributed by atoms with Crippen molar-refractivity contribution in [2.45, 2.75) is 12.3 Å². The summed E-state index contributed by atoms with van der Waals surface area (Å²) >= 11 is 2.17. The number of benzene rings is 1. The van der Waals surface area contributed by atoms with Crippen molar-refractivity contribution in [1.82, 2.24) is 5.32 Å². The molecule has 1 aromatic rings. The first kappa shape index (κ1) is 9.27. The van der Waals surface area contributed by atoms with Crippen LogP contribution >= 0.6 is 22.6 Å². The molecule has 0 aliphatic carbocycles. The Balaban J connectivity index is 2.25. The lowest BCUT2D eigenvalue weighted by Gasteiger charge is -2.09. The van der Waals surface area contributed by atoms with E-state index in [1.165, 1.54) is 12.0 Å². The second kappa shape index (κ2) is 3.84. The van der Waals surface area contributed by atoms with E-state index >= 15 is 0 Å². The summed E-state index contributed by atoms with van der Waals surface area (Å²) in [6.45, 7) is 2.18. The van der Waals surface area contributed by atoms with E-state index in [1.54, 1.807) is 6.07 Å². The molecule has 0 amide bonds. The summed E-state index contributed by atoms with van der Waals surface area (Å²) in [5.41, 5.74) is 1.34. The first-order valence-corrected chi connectivity index (χ1v) is 5.54. The fraction of sp³-hybridized carbons (Fsp3) is 0.400. The van der Waals surface area contributed by atoms with Crippen molar-refractivity contribution in [2.75, 3.05) is 13.1 Å². The summed E-state index contributed by atoms with van der Waals surface area (Å²) in [7, 11) is 0. The molecule has 1 aliphatic rings. The number of halogens is 1. The molecule has 1 heterocycles. The molecule has 13 heavy (non-hydrogen) atoms.